The third-order valence-electron chi connectivity index (χ3n) is 4.67. The Morgan fingerprint density at radius 1 is 1.17 bits per heavy atom. The highest BCUT2D eigenvalue weighted by molar-refractivity contribution is 9.10. The van der Waals surface area contributed by atoms with Crippen molar-refractivity contribution in [3.63, 3.8) is 0 Å². The predicted molar refractivity (Wildman–Crippen MR) is 115 cm³/mol. The van der Waals surface area contributed by atoms with Crippen LogP contribution in [0.3, 0.4) is 0 Å². The molecule has 3 rings (SSSR count). The molecule has 0 aromatic heterocycles. The molecule has 1 aliphatic rings. The number of benzene rings is 2. The Labute approximate surface area is 183 Å². The fraction of sp³-hybridized carbons (Fsp3) is 0.238. The highest BCUT2D eigenvalue weighted by Gasteiger charge is 2.26. The summed E-state index contributed by atoms with van der Waals surface area (Å²) in [5.74, 6) is -1.34. The van der Waals surface area contributed by atoms with E-state index in [-0.39, 0.29) is 21.7 Å². The molecule has 0 atom stereocenters. The van der Waals surface area contributed by atoms with Gasteiger partial charge in [0.2, 0.25) is 10.0 Å². The first-order valence-electron chi connectivity index (χ1n) is 9.29. The van der Waals surface area contributed by atoms with Crippen molar-refractivity contribution in [3.8, 4) is 6.07 Å². The van der Waals surface area contributed by atoms with E-state index in [9.17, 15) is 22.9 Å². The number of sulfonamides is 1. The van der Waals surface area contributed by atoms with Gasteiger partial charge in [-0.15, -0.1) is 0 Å². The summed E-state index contributed by atoms with van der Waals surface area (Å²) >= 11 is 3.22. The van der Waals surface area contributed by atoms with Gasteiger partial charge in [-0.2, -0.15) is 9.57 Å². The summed E-state index contributed by atoms with van der Waals surface area (Å²) in [6, 6.07) is 11.8. The number of nitrogens with zero attached hydrogens (tertiary/aromatic N) is 2. The average Bonchev–Trinajstić information content (AvgIpc) is 2.75. The van der Waals surface area contributed by atoms with Gasteiger partial charge in [0.25, 0.3) is 5.91 Å². The molecule has 2 aromatic rings. The maximum atomic E-state index is 13.9. The van der Waals surface area contributed by atoms with E-state index >= 15 is 0 Å². The Balaban J connectivity index is 1.83. The third kappa shape index (κ3) is 5.14. The Morgan fingerprint density at radius 2 is 1.90 bits per heavy atom. The zero-order chi connectivity index (χ0) is 21.7. The fourth-order valence-electron chi connectivity index (χ4n) is 3.12. The first-order valence-corrected chi connectivity index (χ1v) is 11.5. The van der Waals surface area contributed by atoms with E-state index < -0.39 is 21.7 Å². The van der Waals surface area contributed by atoms with Gasteiger partial charge in [-0.1, -0.05) is 28.4 Å². The highest BCUT2D eigenvalue weighted by Crippen LogP contribution is 2.23. The molecule has 1 amide bonds. The topological polar surface area (TPSA) is 90.3 Å². The summed E-state index contributed by atoms with van der Waals surface area (Å²) in [6.45, 7) is 0.941. The monoisotopic (exact) mass is 491 g/mol. The van der Waals surface area contributed by atoms with E-state index in [2.05, 4.69) is 21.2 Å². The molecule has 0 radical (unpaired) electrons. The van der Waals surface area contributed by atoms with E-state index in [4.69, 9.17) is 0 Å². The molecule has 1 aliphatic heterocycles. The number of hydrogen-bond donors (Lipinski definition) is 1. The Hall–Kier alpha value is -2.54. The minimum absolute atomic E-state index is 0.0720. The molecule has 1 saturated heterocycles. The highest BCUT2D eigenvalue weighted by atomic mass is 79.9. The molecule has 1 heterocycles. The maximum Gasteiger partial charge on any atom is 0.266 e. The lowest BCUT2D eigenvalue weighted by Gasteiger charge is -2.26. The zero-order valence-corrected chi connectivity index (χ0v) is 18.3. The largest absolute Gasteiger partial charge is 0.321 e. The number of nitrogens with one attached hydrogen (secondary N) is 1. The molecule has 0 bridgehead atoms. The molecule has 1 fully saturated rings. The van der Waals surface area contributed by atoms with Gasteiger partial charge in [0.05, 0.1) is 4.90 Å². The summed E-state index contributed by atoms with van der Waals surface area (Å²) < 4.78 is 41.6. The van der Waals surface area contributed by atoms with Gasteiger partial charge in [0.1, 0.15) is 17.5 Å². The van der Waals surface area contributed by atoms with Crippen molar-refractivity contribution in [2.75, 3.05) is 18.4 Å². The van der Waals surface area contributed by atoms with Crippen LogP contribution in [0.15, 0.2) is 57.4 Å². The second-order valence-electron chi connectivity index (χ2n) is 6.78. The summed E-state index contributed by atoms with van der Waals surface area (Å²) in [5, 5.41) is 11.8. The predicted octanol–water partition coefficient (Wildman–Crippen LogP) is 4.31. The molecule has 6 nitrogen and oxygen atoms in total. The van der Waals surface area contributed by atoms with E-state index in [0.29, 0.717) is 17.6 Å². The molecule has 9 heteroatoms. The van der Waals surface area contributed by atoms with Crippen molar-refractivity contribution in [1.82, 2.24) is 4.31 Å². The number of carbonyl (C=O) groups is 1. The maximum absolute atomic E-state index is 13.9. The second kappa shape index (κ2) is 9.51. The van der Waals surface area contributed by atoms with Crippen LogP contribution in [-0.4, -0.2) is 31.7 Å². The SMILES string of the molecule is N#C/C(=C\c1cc(Br)ccc1F)C(=O)Nc1cccc(S(=O)(=O)N2CCCCC2)c1. The minimum Gasteiger partial charge on any atom is -0.321 e. The lowest BCUT2D eigenvalue weighted by Crippen LogP contribution is -2.35. The van der Waals surface area contributed by atoms with Crippen molar-refractivity contribution in [2.24, 2.45) is 0 Å². The Morgan fingerprint density at radius 3 is 2.60 bits per heavy atom. The van der Waals surface area contributed by atoms with Crippen molar-refractivity contribution < 1.29 is 17.6 Å². The second-order valence-corrected chi connectivity index (χ2v) is 9.64. The first kappa shape index (κ1) is 22.2. The summed E-state index contributed by atoms with van der Waals surface area (Å²) in [7, 11) is -3.66. The van der Waals surface area contributed by atoms with Crippen molar-refractivity contribution in [2.45, 2.75) is 24.2 Å². The Kier molecular flexibility index (Phi) is 7.02. The molecule has 1 N–H and O–H groups in total. The molecule has 0 unspecified atom stereocenters. The van der Waals surface area contributed by atoms with Crippen molar-refractivity contribution in [3.05, 3.63) is 63.9 Å². The van der Waals surface area contributed by atoms with Crippen LogP contribution in [0.1, 0.15) is 24.8 Å². The summed E-state index contributed by atoms with van der Waals surface area (Å²) in [6.07, 6.45) is 3.78. The number of carbonyl (C=O) groups excluding carboxylic acids is 1. The third-order valence-corrected chi connectivity index (χ3v) is 7.06. The zero-order valence-electron chi connectivity index (χ0n) is 15.9. The van der Waals surface area contributed by atoms with Gasteiger partial charge >= 0.3 is 0 Å². The van der Waals surface area contributed by atoms with E-state index in [1.54, 1.807) is 6.07 Å². The molecular formula is C21H19BrFN3O3S. The van der Waals surface area contributed by atoms with Gasteiger partial charge in [0.15, 0.2) is 0 Å². The number of anilines is 1. The molecule has 0 aliphatic carbocycles. The van der Waals surface area contributed by atoms with Crippen LogP contribution in [0.4, 0.5) is 10.1 Å². The van der Waals surface area contributed by atoms with E-state index in [0.717, 1.165) is 25.3 Å². The van der Waals surface area contributed by atoms with Crippen LogP contribution in [0.2, 0.25) is 0 Å². The van der Waals surface area contributed by atoms with Crippen LogP contribution in [-0.2, 0) is 14.8 Å². The van der Waals surface area contributed by atoms with E-state index in [1.807, 2.05) is 0 Å². The normalized spacial score (nSPS) is 15.4. The van der Waals surface area contributed by atoms with Crippen LogP contribution in [0, 0.1) is 17.1 Å². The molecule has 2 aromatic carbocycles. The molecule has 30 heavy (non-hydrogen) atoms. The summed E-state index contributed by atoms with van der Waals surface area (Å²) in [5.41, 5.74) is 0.00254. The number of piperidine rings is 1. The van der Waals surface area contributed by atoms with Gasteiger partial charge < -0.3 is 5.32 Å². The van der Waals surface area contributed by atoms with Crippen LogP contribution in [0.5, 0.6) is 0 Å². The van der Waals surface area contributed by atoms with Crippen molar-refractivity contribution >= 4 is 43.6 Å². The molecule has 0 saturated carbocycles. The van der Waals surface area contributed by atoms with Crippen molar-refractivity contribution in [1.29, 1.82) is 5.26 Å². The van der Waals surface area contributed by atoms with Gasteiger partial charge in [0, 0.05) is 28.8 Å². The van der Waals surface area contributed by atoms with Crippen LogP contribution >= 0.6 is 15.9 Å². The standard InChI is InChI=1S/C21H19BrFN3O3S/c22-17-7-8-20(23)15(12-17)11-16(14-24)21(27)25-18-5-4-6-19(13-18)30(28,29)26-9-2-1-3-10-26/h4-8,11-13H,1-3,9-10H2,(H,25,27)/b16-11+. The molecular weight excluding hydrogens is 473 g/mol. The number of hydrogen-bond acceptors (Lipinski definition) is 4. The quantitative estimate of drug-likeness (QED) is 0.498. The van der Waals surface area contributed by atoms with E-state index in [1.165, 1.54) is 46.8 Å². The lowest BCUT2D eigenvalue weighted by molar-refractivity contribution is -0.112. The lowest BCUT2D eigenvalue weighted by atomic mass is 10.1. The van der Waals surface area contributed by atoms with Crippen LogP contribution in [0.25, 0.3) is 6.08 Å². The molecule has 0 spiro atoms. The van der Waals surface area contributed by atoms with Gasteiger partial charge in [-0.25, -0.2) is 12.8 Å². The van der Waals surface area contributed by atoms with Crippen LogP contribution < -0.4 is 5.32 Å². The van der Waals surface area contributed by atoms with Gasteiger partial charge in [-0.05, 0) is 55.3 Å². The summed E-state index contributed by atoms with van der Waals surface area (Å²) in [4.78, 5) is 12.6. The Bertz CT molecular complexity index is 1140. The smallest absolute Gasteiger partial charge is 0.266 e. The number of nitriles is 1. The average molecular weight is 492 g/mol. The number of rotatable bonds is 5. The van der Waals surface area contributed by atoms with Gasteiger partial charge in [-0.3, -0.25) is 4.79 Å². The number of amides is 1. The number of halogens is 2. The molecule has 156 valence electrons. The first-order chi connectivity index (χ1) is 14.3. The minimum atomic E-state index is -3.66. The fourth-order valence-corrected chi connectivity index (χ4v) is 5.06.